The number of hydrogen-bond acceptors (Lipinski definition) is 3. The molecule has 1 rings (SSSR count). The minimum Gasteiger partial charge on any atom is -0.478 e. The Kier molecular flexibility index (Phi) is 4.76. The van der Waals surface area contributed by atoms with Crippen molar-refractivity contribution >= 4 is 17.7 Å². The van der Waals surface area contributed by atoms with E-state index in [1.54, 1.807) is 0 Å². The second kappa shape index (κ2) is 5.86. The molecule has 0 saturated heterocycles. The number of hydrogen-bond donors (Lipinski definition) is 2. The van der Waals surface area contributed by atoms with Crippen molar-refractivity contribution in [2.24, 2.45) is 0 Å². The maximum atomic E-state index is 13.1. The van der Waals surface area contributed by atoms with Crippen LogP contribution < -0.4 is 0 Å². The van der Waals surface area contributed by atoms with Gasteiger partial charge in [0.05, 0.1) is 12.2 Å². The van der Waals surface area contributed by atoms with Gasteiger partial charge in [0.1, 0.15) is 5.82 Å². The second-order valence-corrected chi connectivity index (χ2v) is 4.88. The highest BCUT2D eigenvalue weighted by Crippen LogP contribution is 2.19. The van der Waals surface area contributed by atoms with Crippen molar-refractivity contribution in [1.82, 2.24) is 0 Å². The number of carboxylic acid groups (broad SMARTS) is 1. The van der Waals surface area contributed by atoms with Gasteiger partial charge in [-0.25, -0.2) is 9.18 Å². The van der Waals surface area contributed by atoms with Crippen LogP contribution in [0.5, 0.6) is 0 Å². The summed E-state index contributed by atoms with van der Waals surface area (Å²) in [6, 6.07) is 3.75. The molecule has 1 aromatic carbocycles. The molecule has 0 radical (unpaired) electrons. The molecule has 0 saturated carbocycles. The Morgan fingerprint density at radius 3 is 2.75 bits per heavy atom. The van der Waals surface area contributed by atoms with Crippen molar-refractivity contribution in [3.63, 3.8) is 0 Å². The predicted molar refractivity (Wildman–Crippen MR) is 61.2 cm³/mol. The van der Waals surface area contributed by atoms with Crippen LogP contribution >= 0.6 is 11.8 Å². The van der Waals surface area contributed by atoms with Gasteiger partial charge in [0.2, 0.25) is 0 Å². The van der Waals surface area contributed by atoms with E-state index in [0.717, 1.165) is 6.07 Å². The van der Waals surface area contributed by atoms with Gasteiger partial charge < -0.3 is 10.2 Å². The molecule has 0 spiro atoms. The molecule has 0 aliphatic heterocycles. The molecule has 0 amide bonds. The summed E-state index contributed by atoms with van der Waals surface area (Å²) in [7, 11) is 0. The van der Waals surface area contributed by atoms with E-state index in [0.29, 0.717) is 11.3 Å². The number of aliphatic hydroxyl groups excluding tert-OH is 1. The van der Waals surface area contributed by atoms with Crippen LogP contribution in [-0.2, 0) is 5.75 Å². The van der Waals surface area contributed by atoms with E-state index in [4.69, 9.17) is 10.2 Å². The normalized spacial score (nSPS) is 12.4. The largest absolute Gasteiger partial charge is 0.478 e. The zero-order chi connectivity index (χ0) is 12.1. The molecule has 1 aromatic rings. The Bertz CT molecular complexity index is 381. The fraction of sp³-hybridized carbons (Fsp3) is 0.364. The first-order valence-corrected chi connectivity index (χ1v) is 5.83. The Morgan fingerprint density at radius 2 is 2.19 bits per heavy atom. The Morgan fingerprint density at radius 1 is 1.50 bits per heavy atom. The lowest BCUT2D eigenvalue weighted by Gasteiger charge is -2.08. The van der Waals surface area contributed by atoms with Crippen LogP contribution in [0.2, 0.25) is 0 Å². The number of thioether (sulfide) groups is 1. The van der Waals surface area contributed by atoms with Gasteiger partial charge in [-0.3, -0.25) is 0 Å². The standard InChI is InChI=1S/C11H13FO3S/c1-7(5-13)16-6-8-2-9(11(14)15)4-10(12)3-8/h2-4,7,13H,5-6H2,1H3,(H,14,15). The summed E-state index contributed by atoms with van der Waals surface area (Å²) in [6.07, 6.45) is 0. The van der Waals surface area contributed by atoms with Crippen LogP contribution in [0.1, 0.15) is 22.8 Å². The van der Waals surface area contributed by atoms with Crippen molar-refractivity contribution in [3.05, 3.63) is 35.1 Å². The molecule has 0 aliphatic carbocycles. The first-order valence-electron chi connectivity index (χ1n) is 4.78. The van der Waals surface area contributed by atoms with E-state index in [2.05, 4.69) is 0 Å². The van der Waals surface area contributed by atoms with E-state index < -0.39 is 11.8 Å². The maximum absolute atomic E-state index is 13.1. The van der Waals surface area contributed by atoms with E-state index in [9.17, 15) is 9.18 Å². The van der Waals surface area contributed by atoms with Gasteiger partial charge >= 0.3 is 5.97 Å². The quantitative estimate of drug-likeness (QED) is 0.833. The number of aromatic carboxylic acids is 1. The lowest BCUT2D eigenvalue weighted by Crippen LogP contribution is -2.03. The average molecular weight is 244 g/mol. The number of carboxylic acids is 1. The predicted octanol–water partition coefficient (Wildman–Crippen LogP) is 2.14. The third-order valence-corrected chi connectivity index (χ3v) is 3.21. The summed E-state index contributed by atoms with van der Waals surface area (Å²) < 4.78 is 13.1. The summed E-state index contributed by atoms with van der Waals surface area (Å²) in [6.45, 7) is 1.90. The first-order chi connectivity index (χ1) is 7.52. The van der Waals surface area contributed by atoms with Crippen LogP contribution in [0.4, 0.5) is 4.39 Å². The van der Waals surface area contributed by atoms with E-state index in [-0.39, 0.29) is 17.4 Å². The molecule has 1 atom stereocenters. The Hall–Kier alpha value is -1.07. The summed E-state index contributed by atoms with van der Waals surface area (Å²) >= 11 is 1.45. The van der Waals surface area contributed by atoms with Crippen molar-refractivity contribution in [2.45, 2.75) is 17.9 Å². The third kappa shape index (κ3) is 3.83. The zero-order valence-electron chi connectivity index (χ0n) is 8.81. The monoisotopic (exact) mass is 244 g/mol. The van der Waals surface area contributed by atoms with Crippen molar-refractivity contribution < 1.29 is 19.4 Å². The van der Waals surface area contributed by atoms with Crippen molar-refractivity contribution in [3.8, 4) is 0 Å². The fourth-order valence-corrected chi connectivity index (χ4v) is 1.90. The summed E-state index contributed by atoms with van der Waals surface area (Å²) in [4.78, 5) is 10.7. The van der Waals surface area contributed by atoms with Gasteiger partial charge in [0, 0.05) is 11.0 Å². The minimum atomic E-state index is -1.14. The maximum Gasteiger partial charge on any atom is 0.335 e. The van der Waals surface area contributed by atoms with Crippen molar-refractivity contribution in [1.29, 1.82) is 0 Å². The minimum absolute atomic E-state index is 0.0474. The number of aliphatic hydroxyl groups is 1. The molecule has 88 valence electrons. The number of carbonyl (C=O) groups is 1. The second-order valence-electron chi connectivity index (χ2n) is 3.46. The first kappa shape index (κ1) is 13.0. The van der Waals surface area contributed by atoms with E-state index >= 15 is 0 Å². The van der Waals surface area contributed by atoms with Gasteiger partial charge in [-0.05, 0) is 23.8 Å². The van der Waals surface area contributed by atoms with Crippen molar-refractivity contribution in [2.75, 3.05) is 6.61 Å². The van der Waals surface area contributed by atoms with E-state index in [1.165, 1.54) is 23.9 Å². The molecular weight excluding hydrogens is 231 g/mol. The Labute approximate surface area is 97.3 Å². The van der Waals surface area contributed by atoms with Crippen LogP contribution in [0.25, 0.3) is 0 Å². The summed E-state index contributed by atoms with van der Waals surface area (Å²) in [5.74, 6) is -1.20. The lowest BCUT2D eigenvalue weighted by atomic mass is 10.1. The number of benzene rings is 1. The summed E-state index contributed by atoms with van der Waals surface area (Å²) in [5.41, 5.74) is 0.565. The molecule has 16 heavy (non-hydrogen) atoms. The Balaban J connectivity index is 2.76. The number of rotatable bonds is 5. The fourth-order valence-electron chi connectivity index (χ4n) is 1.15. The molecule has 0 aromatic heterocycles. The van der Waals surface area contributed by atoms with Crippen LogP contribution in [0.15, 0.2) is 18.2 Å². The van der Waals surface area contributed by atoms with Gasteiger partial charge in [-0.2, -0.15) is 11.8 Å². The molecule has 5 heteroatoms. The smallest absolute Gasteiger partial charge is 0.335 e. The zero-order valence-corrected chi connectivity index (χ0v) is 9.63. The molecule has 2 N–H and O–H groups in total. The van der Waals surface area contributed by atoms with Crippen LogP contribution in [0.3, 0.4) is 0 Å². The van der Waals surface area contributed by atoms with E-state index in [1.807, 2.05) is 6.92 Å². The SMILES string of the molecule is CC(CO)SCc1cc(F)cc(C(=O)O)c1. The highest BCUT2D eigenvalue weighted by molar-refractivity contribution is 7.99. The highest BCUT2D eigenvalue weighted by Gasteiger charge is 2.08. The molecule has 1 unspecified atom stereocenters. The van der Waals surface area contributed by atoms with Gasteiger partial charge in [0.25, 0.3) is 0 Å². The van der Waals surface area contributed by atoms with Crippen LogP contribution in [-0.4, -0.2) is 28.0 Å². The molecule has 0 fully saturated rings. The molecular formula is C11H13FO3S. The molecule has 0 aliphatic rings. The average Bonchev–Trinajstić information content (AvgIpc) is 2.25. The van der Waals surface area contributed by atoms with Gasteiger partial charge in [-0.15, -0.1) is 0 Å². The topological polar surface area (TPSA) is 57.5 Å². The molecule has 0 heterocycles. The van der Waals surface area contributed by atoms with Crippen LogP contribution in [0, 0.1) is 5.82 Å². The highest BCUT2D eigenvalue weighted by atomic mass is 32.2. The molecule has 0 bridgehead atoms. The molecule has 3 nitrogen and oxygen atoms in total. The lowest BCUT2D eigenvalue weighted by molar-refractivity contribution is 0.0696. The third-order valence-electron chi connectivity index (χ3n) is 2.00. The van der Waals surface area contributed by atoms with Gasteiger partial charge in [0.15, 0.2) is 0 Å². The van der Waals surface area contributed by atoms with Gasteiger partial charge in [-0.1, -0.05) is 6.92 Å². The summed E-state index contributed by atoms with van der Waals surface area (Å²) in [5, 5.41) is 17.6. The number of halogens is 1.